The van der Waals surface area contributed by atoms with Crippen molar-refractivity contribution in [2.75, 3.05) is 6.26 Å². The van der Waals surface area contributed by atoms with E-state index < -0.39 is 12.1 Å². The Balaban J connectivity index is 2.13. The molecule has 22 heavy (non-hydrogen) atoms. The predicted octanol–water partition coefficient (Wildman–Crippen LogP) is 3.28. The van der Waals surface area contributed by atoms with Crippen LogP contribution in [-0.4, -0.2) is 34.1 Å². The number of Topliss-reactive ketones (excluding diaryl/α,β-unsaturated/α-hetero) is 1. The summed E-state index contributed by atoms with van der Waals surface area (Å²) in [5.74, 6) is -1.04. The van der Waals surface area contributed by atoms with Gasteiger partial charge in [0.15, 0.2) is 17.0 Å². The number of nitrogens with zero attached hydrogens (tertiary/aromatic N) is 2. The number of hydrogen-bond acceptors (Lipinski definition) is 6. The summed E-state index contributed by atoms with van der Waals surface area (Å²) in [5, 5.41) is 0.487. The Bertz CT molecular complexity index is 694. The van der Waals surface area contributed by atoms with Crippen LogP contribution in [0.25, 0.3) is 0 Å². The SMILES string of the molecule is CSc1ncc(Cl)c(C(=O)O[C@H](C)C(=O)c2ccccc2)n1. The number of halogens is 1. The summed E-state index contributed by atoms with van der Waals surface area (Å²) < 4.78 is 5.16. The van der Waals surface area contributed by atoms with Crippen molar-refractivity contribution < 1.29 is 14.3 Å². The van der Waals surface area contributed by atoms with E-state index in [1.54, 1.807) is 36.6 Å². The molecule has 0 N–H and O–H groups in total. The molecule has 1 aromatic heterocycles. The van der Waals surface area contributed by atoms with Crippen LogP contribution in [0.4, 0.5) is 0 Å². The Kier molecular flexibility index (Phi) is 5.51. The summed E-state index contributed by atoms with van der Waals surface area (Å²) >= 11 is 7.18. The summed E-state index contributed by atoms with van der Waals surface area (Å²) in [6.45, 7) is 1.51. The minimum absolute atomic E-state index is 0.0475. The summed E-state index contributed by atoms with van der Waals surface area (Å²) in [4.78, 5) is 32.3. The molecule has 0 radical (unpaired) electrons. The molecule has 0 spiro atoms. The van der Waals surface area contributed by atoms with Crippen LogP contribution in [0.15, 0.2) is 41.7 Å². The monoisotopic (exact) mass is 336 g/mol. The topological polar surface area (TPSA) is 69.2 Å². The number of rotatable bonds is 5. The Morgan fingerprint density at radius 3 is 2.59 bits per heavy atom. The van der Waals surface area contributed by atoms with Crippen LogP contribution in [0, 0.1) is 0 Å². The number of benzene rings is 1. The first kappa shape index (κ1) is 16.5. The first-order valence-corrected chi connectivity index (χ1v) is 8.00. The van der Waals surface area contributed by atoms with Gasteiger partial charge in [0.25, 0.3) is 0 Å². The fourth-order valence-corrected chi connectivity index (χ4v) is 2.21. The lowest BCUT2D eigenvalue weighted by molar-refractivity contribution is 0.0312. The van der Waals surface area contributed by atoms with E-state index in [1.807, 2.05) is 0 Å². The molecule has 1 atom stereocenters. The lowest BCUT2D eigenvalue weighted by atomic mass is 10.1. The molecule has 0 aliphatic carbocycles. The van der Waals surface area contributed by atoms with Gasteiger partial charge >= 0.3 is 5.97 Å². The van der Waals surface area contributed by atoms with E-state index in [0.29, 0.717) is 10.7 Å². The number of carbonyl (C=O) groups is 2. The number of aromatic nitrogens is 2. The molecular weight excluding hydrogens is 324 g/mol. The smallest absolute Gasteiger partial charge is 0.359 e. The van der Waals surface area contributed by atoms with Gasteiger partial charge in [-0.25, -0.2) is 14.8 Å². The fourth-order valence-electron chi connectivity index (χ4n) is 1.70. The first-order chi connectivity index (χ1) is 10.5. The zero-order valence-electron chi connectivity index (χ0n) is 11.9. The summed E-state index contributed by atoms with van der Waals surface area (Å²) in [6.07, 6.45) is 2.18. The van der Waals surface area contributed by atoms with Gasteiger partial charge in [0.05, 0.1) is 11.2 Å². The number of hydrogen-bond donors (Lipinski definition) is 0. The van der Waals surface area contributed by atoms with E-state index in [9.17, 15) is 9.59 Å². The number of esters is 1. The highest BCUT2D eigenvalue weighted by Gasteiger charge is 2.23. The van der Waals surface area contributed by atoms with Crippen LogP contribution in [0.1, 0.15) is 27.8 Å². The highest BCUT2D eigenvalue weighted by Crippen LogP contribution is 2.18. The minimum atomic E-state index is -0.932. The second-order valence-electron chi connectivity index (χ2n) is 4.33. The zero-order chi connectivity index (χ0) is 16.1. The largest absolute Gasteiger partial charge is 0.449 e. The van der Waals surface area contributed by atoms with E-state index in [2.05, 4.69) is 9.97 Å². The molecule has 1 aromatic carbocycles. The first-order valence-electron chi connectivity index (χ1n) is 6.39. The van der Waals surface area contributed by atoms with Crippen molar-refractivity contribution in [1.29, 1.82) is 0 Å². The van der Waals surface area contributed by atoms with Gasteiger partial charge < -0.3 is 4.74 Å². The minimum Gasteiger partial charge on any atom is -0.449 e. The number of ether oxygens (including phenoxy) is 1. The highest BCUT2D eigenvalue weighted by molar-refractivity contribution is 7.98. The molecule has 1 heterocycles. The van der Waals surface area contributed by atoms with Gasteiger partial charge in [0.1, 0.15) is 0 Å². The molecular formula is C15H13ClN2O3S. The third-order valence-electron chi connectivity index (χ3n) is 2.81. The van der Waals surface area contributed by atoms with Crippen molar-refractivity contribution in [2.24, 2.45) is 0 Å². The molecule has 0 amide bonds. The van der Waals surface area contributed by atoms with Gasteiger partial charge in [-0.1, -0.05) is 53.7 Å². The lowest BCUT2D eigenvalue weighted by Crippen LogP contribution is -2.25. The zero-order valence-corrected chi connectivity index (χ0v) is 13.5. The van der Waals surface area contributed by atoms with E-state index in [0.717, 1.165) is 0 Å². The van der Waals surface area contributed by atoms with Crippen LogP contribution in [0.3, 0.4) is 0 Å². The van der Waals surface area contributed by atoms with Crippen molar-refractivity contribution >= 4 is 35.1 Å². The number of ketones is 1. The van der Waals surface area contributed by atoms with Gasteiger partial charge in [0.2, 0.25) is 5.78 Å². The maximum absolute atomic E-state index is 12.2. The summed E-state index contributed by atoms with van der Waals surface area (Å²) in [7, 11) is 0. The molecule has 2 aromatic rings. The van der Waals surface area contributed by atoms with E-state index >= 15 is 0 Å². The quantitative estimate of drug-likeness (QED) is 0.361. The highest BCUT2D eigenvalue weighted by atomic mass is 35.5. The predicted molar refractivity (Wildman–Crippen MR) is 84.5 cm³/mol. The Hall–Kier alpha value is -1.92. The van der Waals surface area contributed by atoms with Gasteiger partial charge in [-0.2, -0.15) is 0 Å². The molecule has 7 heteroatoms. The Morgan fingerprint density at radius 1 is 1.27 bits per heavy atom. The van der Waals surface area contributed by atoms with Crippen LogP contribution in [0.2, 0.25) is 5.02 Å². The molecule has 114 valence electrons. The number of carbonyl (C=O) groups excluding carboxylic acids is 2. The normalized spacial score (nSPS) is 11.8. The molecule has 0 aliphatic heterocycles. The van der Waals surface area contributed by atoms with Crippen LogP contribution in [0.5, 0.6) is 0 Å². The van der Waals surface area contributed by atoms with Gasteiger partial charge in [0, 0.05) is 5.56 Å². The molecule has 0 bridgehead atoms. The molecule has 0 saturated heterocycles. The second-order valence-corrected chi connectivity index (χ2v) is 5.51. The molecule has 0 aliphatic rings. The maximum atomic E-state index is 12.2. The summed E-state index contributed by atoms with van der Waals surface area (Å²) in [5.41, 5.74) is 0.426. The molecule has 5 nitrogen and oxygen atoms in total. The summed E-state index contributed by atoms with van der Waals surface area (Å²) in [6, 6.07) is 8.62. The van der Waals surface area contributed by atoms with Crippen molar-refractivity contribution in [3.63, 3.8) is 0 Å². The Labute approximate surface area is 137 Å². The Morgan fingerprint density at radius 2 is 1.95 bits per heavy atom. The molecule has 2 rings (SSSR count). The lowest BCUT2D eigenvalue weighted by Gasteiger charge is -2.12. The van der Waals surface area contributed by atoms with E-state index in [-0.39, 0.29) is 16.5 Å². The fraction of sp³-hybridized carbons (Fsp3) is 0.200. The van der Waals surface area contributed by atoms with Crippen LogP contribution in [-0.2, 0) is 4.74 Å². The standard InChI is InChI=1S/C15H13ClN2O3S/c1-9(13(19)10-6-4-3-5-7-10)21-14(20)12-11(16)8-17-15(18-12)22-2/h3-9H,1-2H3/t9-/m1/s1. The average molecular weight is 337 g/mol. The van der Waals surface area contributed by atoms with Crippen LogP contribution >= 0.6 is 23.4 Å². The molecule has 0 saturated carbocycles. The maximum Gasteiger partial charge on any atom is 0.359 e. The van der Waals surface area contributed by atoms with Gasteiger partial charge in [-0.3, -0.25) is 4.79 Å². The third-order valence-corrected chi connectivity index (χ3v) is 3.65. The van der Waals surface area contributed by atoms with Crippen molar-refractivity contribution in [3.05, 3.63) is 52.8 Å². The molecule has 0 unspecified atom stereocenters. The average Bonchev–Trinajstić information content (AvgIpc) is 2.55. The molecule has 0 fully saturated rings. The van der Waals surface area contributed by atoms with Gasteiger partial charge in [-0.15, -0.1) is 0 Å². The number of thioether (sulfide) groups is 1. The van der Waals surface area contributed by atoms with Crippen LogP contribution < -0.4 is 0 Å². The van der Waals surface area contributed by atoms with E-state index in [1.165, 1.54) is 24.9 Å². The van der Waals surface area contributed by atoms with E-state index in [4.69, 9.17) is 16.3 Å². The van der Waals surface area contributed by atoms with Crippen molar-refractivity contribution in [2.45, 2.75) is 18.2 Å². The van der Waals surface area contributed by atoms with Crippen molar-refractivity contribution in [1.82, 2.24) is 9.97 Å². The van der Waals surface area contributed by atoms with Gasteiger partial charge in [-0.05, 0) is 13.2 Å². The van der Waals surface area contributed by atoms with Crippen molar-refractivity contribution in [3.8, 4) is 0 Å². The third kappa shape index (κ3) is 3.84. The second kappa shape index (κ2) is 7.38.